The summed E-state index contributed by atoms with van der Waals surface area (Å²) >= 11 is 12.3. The van der Waals surface area contributed by atoms with Crippen LogP contribution in [0.1, 0.15) is 31.5 Å². The largest absolute Gasteiger partial charge is 0.383 e. The number of imidazole rings is 1. The highest BCUT2D eigenvalue weighted by Gasteiger charge is 2.31. The number of benzene rings is 1. The van der Waals surface area contributed by atoms with E-state index in [0.29, 0.717) is 21.8 Å². The Morgan fingerprint density at radius 1 is 1.37 bits per heavy atom. The third-order valence-corrected chi connectivity index (χ3v) is 4.32. The van der Waals surface area contributed by atoms with Crippen LogP contribution < -0.4 is 5.73 Å². The molecule has 100 valence electrons. The first-order chi connectivity index (χ1) is 9.13. The molecular formula is C14H15Cl2N3. The maximum Gasteiger partial charge on any atom is 0.131 e. The van der Waals surface area contributed by atoms with Crippen molar-refractivity contribution in [3.8, 4) is 11.3 Å². The van der Waals surface area contributed by atoms with Gasteiger partial charge in [0.05, 0.1) is 10.0 Å². The Kier molecular flexibility index (Phi) is 3.19. The molecule has 0 amide bonds. The lowest BCUT2D eigenvalue weighted by atomic mass is 10.1. The lowest BCUT2D eigenvalue weighted by Gasteiger charge is -2.06. The van der Waals surface area contributed by atoms with Gasteiger partial charge in [-0.1, -0.05) is 35.3 Å². The van der Waals surface area contributed by atoms with Crippen LogP contribution in [0.15, 0.2) is 18.2 Å². The summed E-state index contributed by atoms with van der Waals surface area (Å²) in [6.45, 7) is 2.90. The zero-order chi connectivity index (χ0) is 13.6. The molecule has 0 radical (unpaired) electrons. The van der Waals surface area contributed by atoms with Crippen LogP contribution in [-0.2, 0) is 6.54 Å². The minimum atomic E-state index is 0.513. The maximum atomic E-state index is 6.26. The van der Waals surface area contributed by atoms with Gasteiger partial charge in [0, 0.05) is 18.0 Å². The molecule has 1 aliphatic rings. The quantitative estimate of drug-likeness (QED) is 0.915. The summed E-state index contributed by atoms with van der Waals surface area (Å²) in [6, 6.07) is 5.54. The molecule has 5 heteroatoms. The molecule has 0 saturated heterocycles. The third-order valence-electron chi connectivity index (χ3n) is 3.50. The summed E-state index contributed by atoms with van der Waals surface area (Å²) in [5, 5.41) is 1.04. The van der Waals surface area contributed by atoms with Crippen molar-refractivity contribution >= 4 is 29.0 Å². The summed E-state index contributed by atoms with van der Waals surface area (Å²) in [5.74, 6) is 2.30. The molecule has 1 aromatic carbocycles. The van der Waals surface area contributed by atoms with E-state index >= 15 is 0 Å². The zero-order valence-corrected chi connectivity index (χ0v) is 12.2. The monoisotopic (exact) mass is 295 g/mol. The topological polar surface area (TPSA) is 43.8 Å². The van der Waals surface area contributed by atoms with E-state index in [4.69, 9.17) is 33.9 Å². The molecule has 2 N–H and O–H groups in total. The molecule has 0 bridgehead atoms. The van der Waals surface area contributed by atoms with Crippen LogP contribution in [0.4, 0.5) is 5.82 Å². The Bertz CT molecular complexity index is 630. The SMILES string of the molecule is CCn1c(C2CC2)nc(-c2cccc(Cl)c2Cl)c1N. The number of aromatic nitrogens is 2. The second kappa shape index (κ2) is 4.73. The summed E-state index contributed by atoms with van der Waals surface area (Å²) in [5.41, 5.74) is 7.78. The van der Waals surface area contributed by atoms with Gasteiger partial charge in [-0.25, -0.2) is 4.98 Å². The van der Waals surface area contributed by atoms with E-state index in [9.17, 15) is 0 Å². The van der Waals surface area contributed by atoms with E-state index in [-0.39, 0.29) is 0 Å². The summed E-state index contributed by atoms with van der Waals surface area (Å²) < 4.78 is 2.07. The molecule has 0 atom stereocenters. The number of rotatable bonds is 3. The van der Waals surface area contributed by atoms with E-state index in [2.05, 4.69) is 11.5 Å². The molecule has 3 rings (SSSR count). The summed E-state index contributed by atoms with van der Waals surface area (Å²) in [7, 11) is 0. The molecule has 1 aliphatic carbocycles. The number of hydrogen-bond acceptors (Lipinski definition) is 2. The molecular weight excluding hydrogens is 281 g/mol. The van der Waals surface area contributed by atoms with Crippen molar-refractivity contribution in [2.45, 2.75) is 32.2 Å². The fourth-order valence-electron chi connectivity index (χ4n) is 2.35. The van der Waals surface area contributed by atoms with Crippen molar-refractivity contribution in [3.05, 3.63) is 34.1 Å². The van der Waals surface area contributed by atoms with Crippen LogP contribution in [0.5, 0.6) is 0 Å². The highest BCUT2D eigenvalue weighted by molar-refractivity contribution is 6.43. The Balaban J connectivity index is 2.17. The van der Waals surface area contributed by atoms with Gasteiger partial charge in [0.25, 0.3) is 0 Å². The first-order valence-electron chi connectivity index (χ1n) is 6.43. The maximum absolute atomic E-state index is 6.26. The van der Waals surface area contributed by atoms with Crippen LogP contribution in [0.2, 0.25) is 10.0 Å². The van der Waals surface area contributed by atoms with Gasteiger partial charge < -0.3 is 10.3 Å². The normalized spacial score (nSPS) is 14.9. The fourth-order valence-corrected chi connectivity index (χ4v) is 2.74. The molecule has 0 unspecified atom stereocenters. The molecule has 1 heterocycles. The number of nitrogen functional groups attached to an aromatic ring is 1. The highest BCUT2D eigenvalue weighted by atomic mass is 35.5. The molecule has 0 aliphatic heterocycles. The number of halogens is 2. The van der Waals surface area contributed by atoms with Gasteiger partial charge in [-0.2, -0.15) is 0 Å². The van der Waals surface area contributed by atoms with Crippen molar-refractivity contribution in [1.82, 2.24) is 9.55 Å². The second-order valence-corrected chi connectivity index (χ2v) is 5.61. The fraction of sp³-hybridized carbons (Fsp3) is 0.357. The van der Waals surface area contributed by atoms with E-state index in [1.165, 1.54) is 12.8 Å². The van der Waals surface area contributed by atoms with E-state index in [1.54, 1.807) is 6.07 Å². The Hall–Kier alpha value is -1.19. The second-order valence-electron chi connectivity index (χ2n) is 4.82. The van der Waals surface area contributed by atoms with Crippen LogP contribution in [0.3, 0.4) is 0 Å². The van der Waals surface area contributed by atoms with Gasteiger partial charge in [0.15, 0.2) is 0 Å². The van der Waals surface area contributed by atoms with Gasteiger partial charge in [0.2, 0.25) is 0 Å². The van der Waals surface area contributed by atoms with Crippen molar-refractivity contribution in [3.63, 3.8) is 0 Å². The lowest BCUT2D eigenvalue weighted by molar-refractivity contribution is 0.708. The molecule has 1 aromatic heterocycles. The molecule has 19 heavy (non-hydrogen) atoms. The Morgan fingerprint density at radius 3 is 2.74 bits per heavy atom. The molecule has 1 saturated carbocycles. The van der Waals surface area contributed by atoms with Crippen molar-refractivity contribution in [2.24, 2.45) is 0 Å². The van der Waals surface area contributed by atoms with Gasteiger partial charge in [-0.3, -0.25) is 0 Å². The van der Waals surface area contributed by atoms with Crippen molar-refractivity contribution in [2.75, 3.05) is 5.73 Å². The average Bonchev–Trinajstić information content (AvgIpc) is 3.18. The van der Waals surface area contributed by atoms with Crippen molar-refractivity contribution in [1.29, 1.82) is 0 Å². The van der Waals surface area contributed by atoms with Crippen LogP contribution in [0, 0.1) is 0 Å². The van der Waals surface area contributed by atoms with Gasteiger partial charge in [0.1, 0.15) is 17.3 Å². The smallest absolute Gasteiger partial charge is 0.131 e. The minimum absolute atomic E-state index is 0.513. The molecule has 1 fully saturated rings. The predicted octanol–water partition coefficient (Wildman–Crippen LogP) is 4.34. The minimum Gasteiger partial charge on any atom is -0.383 e. The number of hydrogen-bond donors (Lipinski definition) is 1. The molecule has 2 aromatic rings. The summed E-state index contributed by atoms with van der Waals surface area (Å²) in [6.07, 6.45) is 2.39. The number of nitrogens with two attached hydrogens (primary N) is 1. The zero-order valence-electron chi connectivity index (χ0n) is 10.7. The van der Waals surface area contributed by atoms with E-state index in [1.807, 2.05) is 12.1 Å². The van der Waals surface area contributed by atoms with Gasteiger partial charge in [-0.05, 0) is 25.8 Å². The van der Waals surface area contributed by atoms with E-state index < -0.39 is 0 Å². The van der Waals surface area contributed by atoms with E-state index in [0.717, 1.165) is 23.6 Å². The summed E-state index contributed by atoms with van der Waals surface area (Å²) in [4.78, 5) is 4.71. The molecule has 0 spiro atoms. The average molecular weight is 296 g/mol. The number of nitrogens with zero attached hydrogens (tertiary/aromatic N) is 2. The van der Waals surface area contributed by atoms with Crippen LogP contribution >= 0.6 is 23.2 Å². The standard InChI is InChI=1S/C14H15Cl2N3/c1-2-19-13(17)12(18-14(19)8-6-7-8)9-4-3-5-10(15)11(9)16/h3-5,8H,2,6-7,17H2,1H3. The Labute approximate surface area is 122 Å². The first-order valence-corrected chi connectivity index (χ1v) is 7.19. The van der Waals surface area contributed by atoms with Crippen LogP contribution in [-0.4, -0.2) is 9.55 Å². The van der Waals surface area contributed by atoms with Gasteiger partial charge >= 0.3 is 0 Å². The third kappa shape index (κ3) is 2.11. The Morgan fingerprint density at radius 2 is 2.11 bits per heavy atom. The molecule has 3 nitrogen and oxygen atoms in total. The lowest BCUT2D eigenvalue weighted by Crippen LogP contribution is -2.04. The van der Waals surface area contributed by atoms with Crippen molar-refractivity contribution < 1.29 is 0 Å². The number of anilines is 1. The predicted molar refractivity (Wildman–Crippen MR) is 79.7 cm³/mol. The first kappa shape index (κ1) is 12.8. The highest BCUT2D eigenvalue weighted by Crippen LogP contribution is 2.43. The van der Waals surface area contributed by atoms with Gasteiger partial charge in [-0.15, -0.1) is 0 Å². The van der Waals surface area contributed by atoms with Crippen LogP contribution in [0.25, 0.3) is 11.3 Å².